The SMILES string of the molecule is CCNC(=NCc1ccc(C(N)=O)cc1)NCC(C)Oc1ccccc1C. The maximum atomic E-state index is 11.1. The second-order valence-electron chi connectivity index (χ2n) is 6.33. The monoisotopic (exact) mass is 368 g/mol. The number of hydrogen-bond acceptors (Lipinski definition) is 3. The van der Waals surface area contributed by atoms with Gasteiger partial charge in [0, 0.05) is 12.1 Å². The summed E-state index contributed by atoms with van der Waals surface area (Å²) in [6.45, 7) is 7.96. The smallest absolute Gasteiger partial charge is 0.248 e. The fraction of sp³-hybridized carbons (Fsp3) is 0.333. The van der Waals surface area contributed by atoms with E-state index in [9.17, 15) is 4.79 Å². The Bertz CT molecular complexity index is 772. The van der Waals surface area contributed by atoms with E-state index in [4.69, 9.17) is 10.5 Å². The van der Waals surface area contributed by atoms with E-state index in [0.717, 1.165) is 29.4 Å². The molecule has 2 rings (SSSR count). The number of ether oxygens (including phenoxy) is 1. The number of guanidine groups is 1. The highest BCUT2D eigenvalue weighted by Crippen LogP contribution is 2.17. The number of nitrogens with one attached hydrogen (secondary N) is 2. The fourth-order valence-electron chi connectivity index (χ4n) is 2.47. The minimum absolute atomic E-state index is 0.00944. The fourth-order valence-corrected chi connectivity index (χ4v) is 2.47. The van der Waals surface area contributed by atoms with Gasteiger partial charge in [0.05, 0.1) is 13.1 Å². The molecule has 0 radical (unpaired) electrons. The number of carbonyl (C=O) groups excluding carboxylic acids is 1. The van der Waals surface area contributed by atoms with Gasteiger partial charge in [-0.15, -0.1) is 0 Å². The van der Waals surface area contributed by atoms with E-state index in [0.29, 0.717) is 18.7 Å². The van der Waals surface area contributed by atoms with Crippen molar-refractivity contribution in [2.75, 3.05) is 13.1 Å². The van der Waals surface area contributed by atoms with Crippen LogP contribution in [0, 0.1) is 6.92 Å². The van der Waals surface area contributed by atoms with Crippen LogP contribution in [0.3, 0.4) is 0 Å². The van der Waals surface area contributed by atoms with Crippen LogP contribution >= 0.6 is 0 Å². The summed E-state index contributed by atoms with van der Waals surface area (Å²) in [5, 5.41) is 6.52. The topological polar surface area (TPSA) is 88.7 Å². The Morgan fingerprint density at radius 1 is 1.15 bits per heavy atom. The molecule has 6 nitrogen and oxygen atoms in total. The molecule has 0 spiro atoms. The molecule has 144 valence electrons. The van der Waals surface area contributed by atoms with Crippen LogP contribution in [0.1, 0.15) is 35.3 Å². The third kappa shape index (κ3) is 6.66. The largest absolute Gasteiger partial charge is 0.489 e. The van der Waals surface area contributed by atoms with Gasteiger partial charge in [-0.25, -0.2) is 4.99 Å². The summed E-state index contributed by atoms with van der Waals surface area (Å²) in [7, 11) is 0. The number of rotatable bonds is 8. The van der Waals surface area contributed by atoms with Crippen LogP contribution in [0.2, 0.25) is 0 Å². The van der Waals surface area contributed by atoms with Gasteiger partial charge >= 0.3 is 0 Å². The van der Waals surface area contributed by atoms with E-state index in [1.54, 1.807) is 12.1 Å². The van der Waals surface area contributed by atoms with Gasteiger partial charge < -0.3 is 21.1 Å². The highest BCUT2D eigenvalue weighted by atomic mass is 16.5. The molecule has 0 fully saturated rings. The van der Waals surface area contributed by atoms with E-state index >= 15 is 0 Å². The number of nitrogens with zero attached hydrogens (tertiary/aromatic N) is 1. The molecule has 2 aromatic carbocycles. The lowest BCUT2D eigenvalue weighted by Gasteiger charge is -2.18. The first kappa shape index (κ1) is 20.3. The lowest BCUT2D eigenvalue weighted by atomic mass is 10.1. The number of para-hydroxylation sites is 1. The second kappa shape index (κ2) is 10.2. The molecule has 6 heteroatoms. The minimum atomic E-state index is -0.428. The molecule has 0 saturated heterocycles. The number of benzene rings is 2. The molecule has 2 aromatic rings. The summed E-state index contributed by atoms with van der Waals surface area (Å²) < 4.78 is 5.98. The maximum absolute atomic E-state index is 11.1. The predicted molar refractivity (Wildman–Crippen MR) is 109 cm³/mol. The summed E-state index contributed by atoms with van der Waals surface area (Å²) in [6, 6.07) is 15.1. The molecular formula is C21H28N4O2. The van der Waals surface area contributed by atoms with Gasteiger partial charge in [-0.1, -0.05) is 30.3 Å². The lowest BCUT2D eigenvalue weighted by Crippen LogP contribution is -2.41. The number of carbonyl (C=O) groups is 1. The molecule has 4 N–H and O–H groups in total. The van der Waals surface area contributed by atoms with E-state index in [-0.39, 0.29) is 6.10 Å². The van der Waals surface area contributed by atoms with Gasteiger partial charge in [0.1, 0.15) is 11.9 Å². The molecule has 1 atom stereocenters. The quantitative estimate of drug-likeness (QED) is 0.494. The minimum Gasteiger partial charge on any atom is -0.489 e. The zero-order chi connectivity index (χ0) is 19.6. The normalized spacial score (nSPS) is 12.3. The molecule has 1 amide bonds. The molecule has 0 saturated carbocycles. The molecule has 0 aliphatic rings. The van der Waals surface area contributed by atoms with Crippen molar-refractivity contribution in [1.29, 1.82) is 0 Å². The Labute approximate surface area is 160 Å². The van der Waals surface area contributed by atoms with E-state index in [1.165, 1.54) is 0 Å². The van der Waals surface area contributed by atoms with Gasteiger partial charge in [0.15, 0.2) is 5.96 Å². The van der Waals surface area contributed by atoms with Crippen molar-refractivity contribution < 1.29 is 9.53 Å². The molecule has 1 unspecified atom stereocenters. The van der Waals surface area contributed by atoms with Crippen molar-refractivity contribution in [3.63, 3.8) is 0 Å². The Morgan fingerprint density at radius 2 is 1.85 bits per heavy atom. The van der Waals surface area contributed by atoms with Crippen molar-refractivity contribution in [2.45, 2.75) is 33.4 Å². The first-order valence-corrected chi connectivity index (χ1v) is 9.12. The molecular weight excluding hydrogens is 340 g/mol. The number of amides is 1. The Kier molecular flexibility index (Phi) is 7.67. The highest BCUT2D eigenvalue weighted by Gasteiger charge is 2.07. The summed E-state index contributed by atoms with van der Waals surface area (Å²) in [6.07, 6.45) is -0.00944. The van der Waals surface area contributed by atoms with Gasteiger partial charge in [-0.3, -0.25) is 4.79 Å². The van der Waals surface area contributed by atoms with Gasteiger partial charge in [0.2, 0.25) is 5.91 Å². The van der Waals surface area contributed by atoms with Crippen molar-refractivity contribution in [1.82, 2.24) is 10.6 Å². The van der Waals surface area contributed by atoms with Gasteiger partial charge in [-0.05, 0) is 50.1 Å². The average molecular weight is 368 g/mol. The molecule has 0 aliphatic carbocycles. The molecule has 0 heterocycles. The third-order valence-corrected chi connectivity index (χ3v) is 3.98. The van der Waals surface area contributed by atoms with Crippen LogP contribution in [-0.4, -0.2) is 31.1 Å². The Morgan fingerprint density at radius 3 is 2.48 bits per heavy atom. The lowest BCUT2D eigenvalue weighted by molar-refractivity contribution is 0.100. The van der Waals surface area contributed by atoms with Crippen LogP contribution in [0.4, 0.5) is 0 Å². The summed E-state index contributed by atoms with van der Waals surface area (Å²) in [4.78, 5) is 15.7. The summed E-state index contributed by atoms with van der Waals surface area (Å²) in [5.41, 5.74) is 7.87. The first-order valence-electron chi connectivity index (χ1n) is 9.12. The molecule has 27 heavy (non-hydrogen) atoms. The molecule has 0 aliphatic heterocycles. The van der Waals surface area contributed by atoms with E-state index in [1.807, 2.05) is 57.2 Å². The van der Waals surface area contributed by atoms with Crippen molar-refractivity contribution >= 4 is 11.9 Å². The average Bonchev–Trinajstić information content (AvgIpc) is 2.66. The van der Waals surface area contributed by atoms with Crippen molar-refractivity contribution in [3.8, 4) is 5.75 Å². The number of aliphatic imine (C=N–C) groups is 1. The second-order valence-corrected chi connectivity index (χ2v) is 6.33. The summed E-state index contributed by atoms with van der Waals surface area (Å²) in [5.74, 6) is 1.18. The van der Waals surface area contributed by atoms with Gasteiger partial charge in [-0.2, -0.15) is 0 Å². The number of aryl methyl sites for hydroxylation is 1. The van der Waals surface area contributed by atoms with Gasteiger partial charge in [0.25, 0.3) is 0 Å². The van der Waals surface area contributed by atoms with Crippen LogP contribution in [0.25, 0.3) is 0 Å². The van der Waals surface area contributed by atoms with Crippen LogP contribution < -0.4 is 21.1 Å². The zero-order valence-electron chi connectivity index (χ0n) is 16.2. The number of hydrogen-bond donors (Lipinski definition) is 3. The first-order chi connectivity index (χ1) is 13.0. The number of nitrogens with two attached hydrogens (primary N) is 1. The highest BCUT2D eigenvalue weighted by molar-refractivity contribution is 5.92. The third-order valence-electron chi connectivity index (χ3n) is 3.98. The predicted octanol–water partition coefficient (Wildman–Crippen LogP) is 2.62. The maximum Gasteiger partial charge on any atom is 0.248 e. The standard InChI is InChI=1S/C21H28N4O2/c1-4-23-21(25-14-17-9-11-18(12-10-17)20(22)26)24-13-16(3)27-19-8-6-5-7-15(19)2/h5-12,16H,4,13-14H2,1-3H3,(H2,22,26)(H2,23,24,25). The zero-order valence-corrected chi connectivity index (χ0v) is 16.2. The van der Waals surface area contributed by atoms with Crippen molar-refractivity contribution in [3.05, 3.63) is 65.2 Å². The van der Waals surface area contributed by atoms with Crippen LogP contribution in [0.15, 0.2) is 53.5 Å². The molecule has 0 bridgehead atoms. The van der Waals surface area contributed by atoms with Crippen LogP contribution in [-0.2, 0) is 6.54 Å². The summed E-state index contributed by atoms with van der Waals surface area (Å²) >= 11 is 0. The van der Waals surface area contributed by atoms with E-state index < -0.39 is 5.91 Å². The number of primary amides is 1. The Hall–Kier alpha value is -3.02. The van der Waals surface area contributed by atoms with Crippen LogP contribution in [0.5, 0.6) is 5.75 Å². The Balaban J connectivity index is 1.90. The van der Waals surface area contributed by atoms with E-state index in [2.05, 4.69) is 15.6 Å². The molecule has 0 aromatic heterocycles. The van der Waals surface area contributed by atoms with Crippen molar-refractivity contribution in [2.24, 2.45) is 10.7 Å².